The van der Waals surface area contributed by atoms with E-state index < -0.39 is 0 Å². The topological polar surface area (TPSA) is 12.0 Å². The molecule has 0 aromatic rings. The molecule has 0 radical (unpaired) electrons. The summed E-state index contributed by atoms with van der Waals surface area (Å²) in [6.45, 7) is 11.4. The highest BCUT2D eigenvalue weighted by atomic mass is 14.8. The first-order valence-corrected chi connectivity index (χ1v) is 7.48. The van der Waals surface area contributed by atoms with Gasteiger partial charge in [-0.25, -0.2) is 0 Å². The van der Waals surface area contributed by atoms with Gasteiger partial charge in [0.05, 0.1) is 0 Å². The van der Waals surface area contributed by atoms with Crippen LogP contribution in [0.2, 0.25) is 0 Å². The van der Waals surface area contributed by atoms with E-state index in [-0.39, 0.29) is 0 Å². The van der Waals surface area contributed by atoms with Gasteiger partial charge in [0, 0.05) is 12.7 Å². The quantitative estimate of drug-likeness (QED) is 0.741. The molecule has 0 unspecified atom stereocenters. The molecule has 1 heterocycles. The normalized spacial score (nSPS) is 26.1. The van der Waals surface area contributed by atoms with Crippen LogP contribution in [0, 0.1) is 0 Å². The third-order valence-corrected chi connectivity index (χ3v) is 3.87. The molecular formula is C19H25N. The Morgan fingerprint density at radius 1 is 1.20 bits per heavy atom. The minimum atomic E-state index is 0.922. The van der Waals surface area contributed by atoms with Crippen LogP contribution in [0.4, 0.5) is 0 Å². The fraction of sp³-hybridized carbons (Fsp3) is 0.368. The van der Waals surface area contributed by atoms with Crippen molar-refractivity contribution in [1.29, 1.82) is 0 Å². The van der Waals surface area contributed by atoms with Crippen molar-refractivity contribution in [2.45, 2.75) is 40.0 Å². The fourth-order valence-electron chi connectivity index (χ4n) is 2.54. The molecule has 1 N–H and O–H groups in total. The molecule has 20 heavy (non-hydrogen) atoms. The molecule has 1 heteroatoms. The van der Waals surface area contributed by atoms with Crippen molar-refractivity contribution in [2.24, 2.45) is 0 Å². The van der Waals surface area contributed by atoms with Crippen molar-refractivity contribution in [3.63, 3.8) is 0 Å². The highest BCUT2D eigenvalue weighted by Crippen LogP contribution is 2.29. The van der Waals surface area contributed by atoms with E-state index >= 15 is 0 Å². The van der Waals surface area contributed by atoms with Crippen molar-refractivity contribution in [1.82, 2.24) is 5.32 Å². The molecule has 0 atom stereocenters. The molecule has 0 amide bonds. The highest BCUT2D eigenvalue weighted by Gasteiger charge is 2.11. The molecule has 0 spiro atoms. The Morgan fingerprint density at radius 3 is 2.60 bits per heavy atom. The number of nitrogens with one attached hydrogen (secondary N) is 1. The second kappa shape index (κ2) is 6.60. The smallest absolute Gasteiger partial charge is 0.0330 e. The first kappa shape index (κ1) is 14.6. The lowest BCUT2D eigenvalue weighted by Crippen LogP contribution is -2.09. The minimum absolute atomic E-state index is 0.922. The van der Waals surface area contributed by atoms with Crippen molar-refractivity contribution in [2.75, 3.05) is 6.54 Å². The van der Waals surface area contributed by atoms with Crippen molar-refractivity contribution < 1.29 is 0 Å². The molecule has 2 rings (SSSR count). The highest BCUT2D eigenvalue weighted by molar-refractivity contribution is 5.53. The van der Waals surface area contributed by atoms with Gasteiger partial charge < -0.3 is 5.32 Å². The molecule has 1 aliphatic heterocycles. The molecule has 0 aromatic carbocycles. The van der Waals surface area contributed by atoms with Crippen molar-refractivity contribution in [3.8, 4) is 0 Å². The average Bonchev–Trinajstić information content (AvgIpc) is 2.34. The van der Waals surface area contributed by atoms with Crippen molar-refractivity contribution in [3.05, 3.63) is 70.5 Å². The molecular weight excluding hydrogens is 242 g/mol. The predicted octanol–water partition coefficient (Wildman–Crippen LogP) is 4.98. The predicted molar refractivity (Wildman–Crippen MR) is 88.4 cm³/mol. The Bertz CT molecular complexity index is 550. The first-order valence-electron chi connectivity index (χ1n) is 7.48. The van der Waals surface area contributed by atoms with Crippen molar-refractivity contribution >= 4 is 0 Å². The number of allylic oxidation sites excluding steroid dienone is 9. The van der Waals surface area contributed by atoms with Gasteiger partial charge in [-0.15, -0.1) is 0 Å². The number of rotatable bonds is 5. The van der Waals surface area contributed by atoms with E-state index in [2.05, 4.69) is 63.2 Å². The first-order chi connectivity index (χ1) is 9.60. The third kappa shape index (κ3) is 3.63. The molecule has 0 saturated carbocycles. The summed E-state index contributed by atoms with van der Waals surface area (Å²) in [6.07, 6.45) is 14.6. The van der Waals surface area contributed by atoms with Gasteiger partial charge in [0.1, 0.15) is 0 Å². The average molecular weight is 267 g/mol. The number of hydrogen-bond donors (Lipinski definition) is 1. The van der Waals surface area contributed by atoms with Crippen LogP contribution in [0.3, 0.4) is 0 Å². The van der Waals surface area contributed by atoms with Crippen LogP contribution < -0.4 is 5.32 Å². The zero-order valence-corrected chi connectivity index (χ0v) is 12.9. The summed E-state index contributed by atoms with van der Waals surface area (Å²) in [4.78, 5) is 0. The van der Waals surface area contributed by atoms with Gasteiger partial charge in [-0.1, -0.05) is 49.0 Å². The summed E-state index contributed by atoms with van der Waals surface area (Å²) in [6, 6.07) is 0. The molecule has 106 valence electrons. The Hall–Kier alpha value is -1.76. The summed E-state index contributed by atoms with van der Waals surface area (Å²) in [5.74, 6) is 0. The largest absolute Gasteiger partial charge is 0.387 e. The van der Waals surface area contributed by atoms with E-state index in [4.69, 9.17) is 0 Å². The van der Waals surface area contributed by atoms with Gasteiger partial charge in [0.15, 0.2) is 0 Å². The zero-order valence-electron chi connectivity index (χ0n) is 12.9. The summed E-state index contributed by atoms with van der Waals surface area (Å²) >= 11 is 0. The molecule has 0 bridgehead atoms. The maximum atomic E-state index is 3.97. The summed E-state index contributed by atoms with van der Waals surface area (Å²) in [5.41, 5.74) is 8.15. The van der Waals surface area contributed by atoms with Crippen LogP contribution in [0.15, 0.2) is 70.5 Å². The third-order valence-electron chi connectivity index (χ3n) is 3.87. The summed E-state index contributed by atoms with van der Waals surface area (Å²) in [5, 5.41) is 3.39. The lowest BCUT2D eigenvalue weighted by Gasteiger charge is -2.18. The van der Waals surface area contributed by atoms with Crippen LogP contribution in [-0.4, -0.2) is 6.54 Å². The van der Waals surface area contributed by atoms with Crippen LogP contribution in [0.25, 0.3) is 0 Å². The fourth-order valence-corrected chi connectivity index (χ4v) is 2.54. The van der Waals surface area contributed by atoms with E-state index in [0.717, 1.165) is 31.4 Å². The Kier molecular flexibility index (Phi) is 4.84. The minimum Gasteiger partial charge on any atom is -0.387 e. The van der Waals surface area contributed by atoms with E-state index in [1.807, 2.05) is 0 Å². The second-order valence-corrected chi connectivity index (χ2v) is 5.65. The standard InChI is InChI=1S/C19H25N/c1-5-17-10-15(4)8-9-20-13-18(17)7-6-16-11-19(12-16)14(2)3/h8,10-13,20H,2,5-7,9H2,1,3-4H3/b15-8-,17-10+,18-13-. The number of hydrogen-bond acceptors (Lipinski definition) is 1. The van der Waals surface area contributed by atoms with Crippen LogP contribution in [-0.2, 0) is 0 Å². The van der Waals surface area contributed by atoms with Gasteiger partial charge in [-0.2, -0.15) is 0 Å². The Labute approximate surface area is 123 Å². The second-order valence-electron chi connectivity index (χ2n) is 5.65. The van der Waals surface area contributed by atoms with Gasteiger partial charge >= 0.3 is 0 Å². The summed E-state index contributed by atoms with van der Waals surface area (Å²) in [7, 11) is 0. The van der Waals surface area contributed by atoms with E-state index in [1.165, 1.54) is 27.9 Å². The molecule has 0 fully saturated rings. The van der Waals surface area contributed by atoms with E-state index in [0.29, 0.717) is 0 Å². The lowest BCUT2D eigenvalue weighted by atomic mass is 9.88. The summed E-state index contributed by atoms with van der Waals surface area (Å²) < 4.78 is 0. The monoisotopic (exact) mass is 267 g/mol. The molecule has 0 saturated heterocycles. The molecule has 1 nitrogen and oxygen atoms in total. The molecule has 2 aliphatic rings. The maximum Gasteiger partial charge on any atom is 0.0330 e. The van der Waals surface area contributed by atoms with Gasteiger partial charge in [-0.3, -0.25) is 0 Å². The maximum absolute atomic E-state index is 3.97. The molecule has 1 aliphatic carbocycles. The van der Waals surface area contributed by atoms with E-state index in [9.17, 15) is 0 Å². The van der Waals surface area contributed by atoms with Crippen LogP contribution >= 0.6 is 0 Å². The molecule has 0 aromatic heterocycles. The SMILES string of the molecule is C=C(C)C1=CC(CCC2=C\NC\C=C(C)/C=C/2CC)=C1. The van der Waals surface area contributed by atoms with E-state index in [1.54, 1.807) is 0 Å². The van der Waals surface area contributed by atoms with Gasteiger partial charge in [-0.05, 0) is 55.4 Å². The van der Waals surface area contributed by atoms with Crippen LogP contribution in [0.5, 0.6) is 0 Å². The van der Waals surface area contributed by atoms with Gasteiger partial charge in [0.2, 0.25) is 0 Å². The Morgan fingerprint density at radius 2 is 1.95 bits per heavy atom. The van der Waals surface area contributed by atoms with Crippen LogP contribution in [0.1, 0.15) is 40.0 Å². The Balaban J connectivity index is 1.98. The van der Waals surface area contributed by atoms with Gasteiger partial charge in [0.25, 0.3) is 0 Å². The zero-order chi connectivity index (χ0) is 14.5. The lowest BCUT2D eigenvalue weighted by molar-refractivity contribution is 0.873.